The summed E-state index contributed by atoms with van der Waals surface area (Å²) in [5.41, 5.74) is 2.11. The molecule has 3 rings (SSSR count). The van der Waals surface area contributed by atoms with Crippen LogP contribution in [0.3, 0.4) is 0 Å². The number of aryl methyl sites for hydroxylation is 2. The van der Waals surface area contributed by atoms with E-state index >= 15 is 0 Å². The van der Waals surface area contributed by atoms with Crippen molar-refractivity contribution in [3.05, 3.63) is 77.9 Å². The van der Waals surface area contributed by atoms with Gasteiger partial charge in [-0.05, 0) is 54.7 Å². The zero-order valence-corrected chi connectivity index (χ0v) is 13.4. The van der Waals surface area contributed by atoms with Crippen molar-refractivity contribution >= 4 is 0 Å². The first-order valence-electron chi connectivity index (χ1n) is 8.10. The lowest BCUT2D eigenvalue weighted by atomic mass is 10.1. The Hall–Kier alpha value is -2.69. The maximum atomic E-state index is 13.1. The molecule has 124 valence electrons. The van der Waals surface area contributed by atoms with E-state index in [0.29, 0.717) is 6.61 Å². The van der Waals surface area contributed by atoms with E-state index in [4.69, 9.17) is 4.74 Å². The number of ether oxygens (including phenoxy) is 1. The maximum absolute atomic E-state index is 13.1. The Morgan fingerprint density at radius 2 is 1.88 bits per heavy atom. The molecule has 1 heterocycles. The van der Waals surface area contributed by atoms with Crippen LogP contribution in [0.5, 0.6) is 5.75 Å². The molecule has 0 N–H and O–H groups in total. The number of rotatable bonds is 8. The van der Waals surface area contributed by atoms with Crippen molar-refractivity contribution in [1.82, 2.24) is 15.0 Å². The van der Waals surface area contributed by atoms with Gasteiger partial charge in [0.15, 0.2) is 0 Å². The summed E-state index contributed by atoms with van der Waals surface area (Å²) in [6.45, 7) is 1.27. The first-order chi connectivity index (χ1) is 11.8. The molecule has 0 atom stereocenters. The van der Waals surface area contributed by atoms with E-state index in [-0.39, 0.29) is 5.82 Å². The second kappa shape index (κ2) is 8.24. The summed E-state index contributed by atoms with van der Waals surface area (Å²) in [6.07, 6.45) is 6.77. The third kappa shape index (κ3) is 4.91. The monoisotopic (exact) mass is 325 g/mol. The topological polar surface area (TPSA) is 39.9 Å². The first-order valence-corrected chi connectivity index (χ1v) is 8.10. The highest BCUT2D eigenvalue weighted by Crippen LogP contribution is 2.16. The molecule has 5 heteroatoms. The van der Waals surface area contributed by atoms with Gasteiger partial charge in [-0.3, -0.25) is 4.68 Å². The highest BCUT2D eigenvalue weighted by Gasteiger charge is 1.99. The quantitative estimate of drug-likeness (QED) is 0.587. The van der Waals surface area contributed by atoms with Crippen LogP contribution in [0.25, 0.3) is 0 Å². The van der Waals surface area contributed by atoms with E-state index in [1.54, 1.807) is 12.3 Å². The van der Waals surface area contributed by atoms with Gasteiger partial charge in [0, 0.05) is 12.7 Å². The van der Waals surface area contributed by atoms with Gasteiger partial charge in [-0.1, -0.05) is 29.5 Å². The van der Waals surface area contributed by atoms with Crippen LogP contribution in [-0.4, -0.2) is 15.0 Å². The summed E-state index contributed by atoms with van der Waals surface area (Å²) in [7, 11) is 0. The van der Waals surface area contributed by atoms with Crippen LogP contribution >= 0.6 is 0 Å². The van der Waals surface area contributed by atoms with E-state index in [0.717, 1.165) is 37.1 Å². The zero-order chi connectivity index (χ0) is 16.6. The van der Waals surface area contributed by atoms with Gasteiger partial charge in [-0.25, -0.2) is 4.39 Å². The van der Waals surface area contributed by atoms with Crippen molar-refractivity contribution in [3.63, 3.8) is 0 Å². The summed E-state index contributed by atoms with van der Waals surface area (Å²) in [5.74, 6) is 0.558. The standard InChI is InChI=1S/C19H20FN3O/c20-18-6-3-5-17(14-18)15-24-19-9-7-16(8-10-19)4-1-2-12-23-13-11-21-22-23/h3,5-11,13-14H,1-2,4,12,15H2. The minimum atomic E-state index is -0.239. The predicted molar refractivity (Wildman–Crippen MR) is 90.1 cm³/mol. The normalized spacial score (nSPS) is 10.7. The molecule has 0 aliphatic carbocycles. The van der Waals surface area contributed by atoms with Crippen LogP contribution in [-0.2, 0) is 19.6 Å². The highest BCUT2D eigenvalue weighted by atomic mass is 19.1. The Balaban J connectivity index is 1.41. The Morgan fingerprint density at radius 1 is 1.00 bits per heavy atom. The summed E-state index contributed by atoms with van der Waals surface area (Å²) in [4.78, 5) is 0. The number of hydrogen-bond donors (Lipinski definition) is 0. The van der Waals surface area contributed by atoms with Gasteiger partial charge in [0.05, 0.1) is 6.20 Å². The molecular formula is C19H20FN3O. The molecule has 24 heavy (non-hydrogen) atoms. The molecule has 4 nitrogen and oxygen atoms in total. The maximum Gasteiger partial charge on any atom is 0.123 e. The van der Waals surface area contributed by atoms with Gasteiger partial charge in [0.2, 0.25) is 0 Å². The van der Waals surface area contributed by atoms with Crippen LogP contribution in [0, 0.1) is 5.82 Å². The lowest BCUT2D eigenvalue weighted by molar-refractivity contribution is 0.305. The van der Waals surface area contributed by atoms with Gasteiger partial charge in [-0.15, -0.1) is 5.10 Å². The van der Waals surface area contributed by atoms with E-state index in [1.807, 2.05) is 29.1 Å². The minimum Gasteiger partial charge on any atom is -0.489 e. The number of halogens is 1. The zero-order valence-electron chi connectivity index (χ0n) is 13.4. The smallest absolute Gasteiger partial charge is 0.123 e. The number of benzene rings is 2. The summed E-state index contributed by atoms with van der Waals surface area (Å²) >= 11 is 0. The molecule has 0 fully saturated rings. The van der Waals surface area contributed by atoms with Crippen molar-refractivity contribution in [3.8, 4) is 5.75 Å². The predicted octanol–water partition coefficient (Wildman–Crippen LogP) is 4.02. The molecule has 0 aliphatic heterocycles. The second-order valence-electron chi connectivity index (χ2n) is 5.69. The fraction of sp³-hybridized carbons (Fsp3) is 0.263. The van der Waals surface area contributed by atoms with Crippen molar-refractivity contribution in [2.24, 2.45) is 0 Å². The molecule has 0 saturated carbocycles. The van der Waals surface area contributed by atoms with Crippen molar-refractivity contribution < 1.29 is 9.13 Å². The molecule has 1 aromatic heterocycles. The third-order valence-corrected chi connectivity index (χ3v) is 3.79. The molecular weight excluding hydrogens is 305 g/mol. The minimum absolute atomic E-state index is 0.239. The number of hydrogen-bond acceptors (Lipinski definition) is 3. The van der Waals surface area contributed by atoms with E-state index in [9.17, 15) is 4.39 Å². The molecule has 0 amide bonds. The summed E-state index contributed by atoms with van der Waals surface area (Å²) in [6, 6.07) is 14.6. The Morgan fingerprint density at radius 3 is 2.62 bits per heavy atom. The number of unbranched alkanes of at least 4 members (excludes halogenated alkanes) is 1. The van der Waals surface area contributed by atoms with Crippen LogP contribution in [0.2, 0.25) is 0 Å². The molecule has 0 radical (unpaired) electrons. The van der Waals surface area contributed by atoms with Crippen molar-refractivity contribution in [1.29, 1.82) is 0 Å². The highest BCUT2D eigenvalue weighted by molar-refractivity contribution is 5.28. The van der Waals surface area contributed by atoms with E-state index in [2.05, 4.69) is 22.4 Å². The van der Waals surface area contributed by atoms with E-state index < -0.39 is 0 Å². The lowest BCUT2D eigenvalue weighted by Crippen LogP contribution is -1.99. The van der Waals surface area contributed by atoms with Crippen LogP contribution in [0.1, 0.15) is 24.0 Å². The lowest BCUT2D eigenvalue weighted by Gasteiger charge is -2.08. The first kappa shape index (κ1) is 16.2. The third-order valence-electron chi connectivity index (χ3n) is 3.79. The molecule has 0 spiro atoms. The largest absolute Gasteiger partial charge is 0.489 e. The molecule has 2 aromatic carbocycles. The molecule has 0 saturated heterocycles. The van der Waals surface area contributed by atoms with Crippen LogP contribution in [0.15, 0.2) is 60.9 Å². The summed E-state index contributed by atoms with van der Waals surface area (Å²) < 4.78 is 20.7. The second-order valence-corrected chi connectivity index (χ2v) is 5.69. The Labute approximate surface area is 140 Å². The molecule has 0 unspecified atom stereocenters. The SMILES string of the molecule is Fc1cccc(COc2ccc(CCCCn3ccnn3)cc2)c1. The van der Waals surface area contributed by atoms with Crippen LogP contribution < -0.4 is 4.74 Å². The molecule has 0 aliphatic rings. The fourth-order valence-electron chi connectivity index (χ4n) is 2.50. The fourth-order valence-corrected chi connectivity index (χ4v) is 2.50. The van der Waals surface area contributed by atoms with E-state index in [1.165, 1.54) is 17.7 Å². The molecule has 0 bridgehead atoms. The Bertz CT molecular complexity index is 742. The average Bonchev–Trinajstić information content (AvgIpc) is 3.11. The van der Waals surface area contributed by atoms with Crippen LogP contribution in [0.4, 0.5) is 4.39 Å². The van der Waals surface area contributed by atoms with Gasteiger partial charge in [-0.2, -0.15) is 0 Å². The van der Waals surface area contributed by atoms with Crippen molar-refractivity contribution in [2.45, 2.75) is 32.4 Å². The van der Waals surface area contributed by atoms with Gasteiger partial charge in [0.1, 0.15) is 18.2 Å². The average molecular weight is 325 g/mol. The van der Waals surface area contributed by atoms with Gasteiger partial charge in [0.25, 0.3) is 0 Å². The van der Waals surface area contributed by atoms with Gasteiger partial charge >= 0.3 is 0 Å². The summed E-state index contributed by atoms with van der Waals surface area (Å²) in [5, 5.41) is 7.74. The van der Waals surface area contributed by atoms with Gasteiger partial charge < -0.3 is 4.74 Å². The number of nitrogens with zero attached hydrogens (tertiary/aromatic N) is 3. The molecule has 3 aromatic rings. The Kier molecular flexibility index (Phi) is 5.56. The number of aromatic nitrogens is 3. The van der Waals surface area contributed by atoms with Crippen molar-refractivity contribution in [2.75, 3.05) is 0 Å².